The fourth-order valence-electron chi connectivity index (χ4n) is 3.64. The van der Waals surface area contributed by atoms with E-state index in [0.717, 1.165) is 23.1 Å². The lowest BCUT2D eigenvalue weighted by Crippen LogP contribution is -2.37. The van der Waals surface area contributed by atoms with Gasteiger partial charge in [0.15, 0.2) is 0 Å². The zero-order valence-electron chi connectivity index (χ0n) is 18.2. The second kappa shape index (κ2) is 8.02. The van der Waals surface area contributed by atoms with Crippen molar-refractivity contribution < 1.29 is 18.9 Å². The van der Waals surface area contributed by atoms with E-state index in [1.54, 1.807) is 7.11 Å². The van der Waals surface area contributed by atoms with E-state index in [1.807, 2.05) is 6.07 Å². The maximum atomic E-state index is 6.46. The third kappa shape index (κ3) is 5.25. The summed E-state index contributed by atoms with van der Waals surface area (Å²) >= 11 is 0. The number of methoxy groups -OCH3 is 1. The molecule has 0 aliphatic carbocycles. The molecule has 4 heteroatoms. The predicted octanol–water partition coefficient (Wildman–Crippen LogP) is 5.68. The van der Waals surface area contributed by atoms with E-state index in [9.17, 15) is 0 Å². The average Bonchev–Trinajstić information content (AvgIpc) is 2.99. The fourth-order valence-corrected chi connectivity index (χ4v) is 3.64. The van der Waals surface area contributed by atoms with E-state index in [-0.39, 0.29) is 29.5 Å². The molecule has 0 N–H and O–H groups in total. The van der Waals surface area contributed by atoms with Gasteiger partial charge in [0.05, 0.1) is 37.1 Å². The molecule has 28 heavy (non-hydrogen) atoms. The molecule has 0 radical (unpaired) electrons. The van der Waals surface area contributed by atoms with Crippen LogP contribution in [0.15, 0.2) is 36.4 Å². The molecule has 3 atom stereocenters. The van der Waals surface area contributed by atoms with Crippen molar-refractivity contribution in [3.05, 3.63) is 42.0 Å². The Kier molecular flexibility index (Phi) is 6.04. The SMILES string of the molecule is COc1cc2ccccc2cc1[C@H]1C[C@@H](OC(C)(C)C)[C@@H](COC(C)(C)C)O1. The summed E-state index contributed by atoms with van der Waals surface area (Å²) in [6.07, 6.45) is 0.563. The van der Waals surface area contributed by atoms with Gasteiger partial charge in [-0.3, -0.25) is 0 Å². The third-order valence-electron chi connectivity index (χ3n) is 4.83. The van der Waals surface area contributed by atoms with Crippen molar-refractivity contribution in [3.8, 4) is 5.75 Å². The van der Waals surface area contributed by atoms with Crippen LogP contribution in [0.1, 0.15) is 59.6 Å². The Bertz CT molecular complexity index is 800. The Morgan fingerprint density at radius 1 is 0.964 bits per heavy atom. The zero-order chi connectivity index (χ0) is 20.5. The van der Waals surface area contributed by atoms with Crippen LogP contribution < -0.4 is 4.74 Å². The minimum absolute atomic E-state index is 0.0245. The van der Waals surface area contributed by atoms with Crippen molar-refractivity contribution in [1.29, 1.82) is 0 Å². The summed E-state index contributed by atoms with van der Waals surface area (Å²) in [6.45, 7) is 12.9. The van der Waals surface area contributed by atoms with Crippen LogP contribution >= 0.6 is 0 Å². The highest BCUT2D eigenvalue weighted by Crippen LogP contribution is 2.41. The quantitative estimate of drug-likeness (QED) is 0.663. The number of fused-ring (bicyclic) bond motifs is 1. The molecule has 0 bridgehead atoms. The Morgan fingerprint density at radius 3 is 2.18 bits per heavy atom. The molecule has 0 spiro atoms. The highest BCUT2D eigenvalue weighted by Gasteiger charge is 2.40. The highest BCUT2D eigenvalue weighted by atomic mass is 16.6. The molecule has 1 heterocycles. The Morgan fingerprint density at radius 2 is 1.61 bits per heavy atom. The minimum Gasteiger partial charge on any atom is -0.496 e. The first-order valence-electron chi connectivity index (χ1n) is 10.1. The molecule has 0 amide bonds. The van der Waals surface area contributed by atoms with Gasteiger partial charge in [0.25, 0.3) is 0 Å². The predicted molar refractivity (Wildman–Crippen MR) is 113 cm³/mol. The number of hydrogen-bond acceptors (Lipinski definition) is 4. The van der Waals surface area contributed by atoms with Crippen molar-refractivity contribution >= 4 is 10.8 Å². The number of benzene rings is 2. The highest BCUT2D eigenvalue weighted by molar-refractivity contribution is 5.85. The van der Waals surface area contributed by atoms with Gasteiger partial charge in [0.1, 0.15) is 11.9 Å². The molecule has 0 unspecified atom stereocenters. The summed E-state index contributed by atoms with van der Waals surface area (Å²) in [7, 11) is 1.71. The minimum atomic E-state index is -0.240. The van der Waals surface area contributed by atoms with Crippen molar-refractivity contribution in [2.24, 2.45) is 0 Å². The molecule has 1 saturated heterocycles. The van der Waals surface area contributed by atoms with Crippen LogP contribution in [0.5, 0.6) is 5.75 Å². The molecule has 4 nitrogen and oxygen atoms in total. The van der Waals surface area contributed by atoms with Crippen LogP contribution in [0.4, 0.5) is 0 Å². The van der Waals surface area contributed by atoms with Crippen molar-refractivity contribution in [1.82, 2.24) is 0 Å². The van der Waals surface area contributed by atoms with Crippen LogP contribution in [0.2, 0.25) is 0 Å². The van der Waals surface area contributed by atoms with Crippen molar-refractivity contribution in [2.75, 3.05) is 13.7 Å². The lowest BCUT2D eigenvalue weighted by atomic mass is 9.99. The van der Waals surface area contributed by atoms with E-state index in [4.69, 9.17) is 18.9 Å². The summed E-state index contributed by atoms with van der Waals surface area (Å²) in [4.78, 5) is 0. The Labute approximate surface area is 169 Å². The maximum Gasteiger partial charge on any atom is 0.125 e. The summed E-state index contributed by atoms with van der Waals surface area (Å²) < 4.78 is 24.5. The van der Waals surface area contributed by atoms with E-state index in [1.165, 1.54) is 5.39 Å². The van der Waals surface area contributed by atoms with Gasteiger partial charge in [-0.1, -0.05) is 24.3 Å². The molecule has 1 fully saturated rings. The standard InChI is InChI=1S/C24H34O4/c1-23(2,3)26-15-22-21(28-24(4,5)6)14-20(27-22)18-12-16-10-8-9-11-17(16)13-19(18)25-7/h8-13,20-22H,14-15H2,1-7H3/t20-,21-,22-/m1/s1. The number of rotatable bonds is 5. The summed E-state index contributed by atoms with van der Waals surface area (Å²) in [6, 6.07) is 12.6. The van der Waals surface area contributed by atoms with Crippen LogP contribution in [0, 0.1) is 0 Å². The average molecular weight is 387 g/mol. The van der Waals surface area contributed by atoms with Gasteiger partial charge in [-0.2, -0.15) is 0 Å². The molecular weight excluding hydrogens is 352 g/mol. The molecular formula is C24H34O4. The Balaban J connectivity index is 1.88. The second-order valence-electron chi connectivity index (χ2n) is 9.53. The normalized spacial score (nSPS) is 23.3. The molecule has 2 aromatic rings. The molecule has 154 valence electrons. The van der Waals surface area contributed by atoms with Crippen molar-refractivity contribution in [3.63, 3.8) is 0 Å². The molecule has 1 aliphatic heterocycles. The molecule has 3 rings (SSSR count). The first-order valence-corrected chi connectivity index (χ1v) is 10.1. The fraction of sp³-hybridized carbons (Fsp3) is 0.583. The molecule has 2 aromatic carbocycles. The van der Waals surface area contributed by atoms with Gasteiger partial charge in [-0.15, -0.1) is 0 Å². The summed E-state index contributed by atoms with van der Waals surface area (Å²) in [5.41, 5.74) is 0.618. The van der Waals surface area contributed by atoms with Crippen LogP contribution in [-0.2, 0) is 14.2 Å². The van der Waals surface area contributed by atoms with Crippen LogP contribution in [-0.4, -0.2) is 37.1 Å². The van der Waals surface area contributed by atoms with E-state index in [2.05, 4.69) is 71.9 Å². The van der Waals surface area contributed by atoms with Gasteiger partial charge < -0.3 is 18.9 Å². The van der Waals surface area contributed by atoms with E-state index < -0.39 is 0 Å². The van der Waals surface area contributed by atoms with Crippen molar-refractivity contribution in [2.45, 2.75) is 77.5 Å². The van der Waals surface area contributed by atoms with E-state index >= 15 is 0 Å². The second-order valence-corrected chi connectivity index (χ2v) is 9.53. The molecule has 0 saturated carbocycles. The van der Waals surface area contributed by atoms with Gasteiger partial charge >= 0.3 is 0 Å². The smallest absolute Gasteiger partial charge is 0.125 e. The molecule has 1 aliphatic rings. The lowest BCUT2D eigenvalue weighted by molar-refractivity contribution is -0.128. The monoisotopic (exact) mass is 386 g/mol. The topological polar surface area (TPSA) is 36.9 Å². The van der Waals surface area contributed by atoms with Gasteiger partial charge in [0, 0.05) is 12.0 Å². The van der Waals surface area contributed by atoms with Gasteiger partial charge in [-0.25, -0.2) is 0 Å². The summed E-state index contributed by atoms with van der Waals surface area (Å²) in [5.74, 6) is 0.857. The largest absolute Gasteiger partial charge is 0.496 e. The van der Waals surface area contributed by atoms with E-state index in [0.29, 0.717) is 6.61 Å². The third-order valence-corrected chi connectivity index (χ3v) is 4.83. The number of hydrogen-bond donors (Lipinski definition) is 0. The van der Waals surface area contributed by atoms with Crippen LogP contribution in [0.25, 0.3) is 10.8 Å². The van der Waals surface area contributed by atoms with Gasteiger partial charge in [0.2, 0.25) is 0 Å². The first kappa shape index (κ1) is 21.1. The lowest BCUT2D eigenvalue weighted by Gasteiger charge is -2.29. The van der Waals surface area contributed by atoms with Gasteiger partial charge in [-0.05, 0) is 64.4 Å². The Hall–Kier alpha value is -1.62. The zero-order valence-corrected chi connectivity index (χ0v) is 18.2. The number of ether oxygens (including phenoxy) is 4. The maximum absolute atomic E-state index is 6.46. The first-order chi connectivity index (χ1) is 13.1. The van der Waals surface area contributed by atoms with Crippen LogP contribution in [0.3, 0.4) is 0 Å². The molecule has 0 aromatic heterocycles. The summed E-state index contributed by atoms with van der Waals surface area (Å²) in [5, 5.41) is 2.35.